The molecule has 3 N–H and O–H groups in total. The molecule has 1 atom stereocenters. The van der Waals surface area contributed by atoms with Gasteiger partial charge in [0.1, 0.15) is 5.82 Å². The zero-order valence-corrected chi connectivity index (χ0v) is 19.3. The van der Waals surface area contributed by atoms with E-state index in [0.717, 1.165) is 30.6 Å². The Morgan fingerprint density at radius 1 is 1.12 bits per heavy atom. The lowest BCUT2D eigenvalue weighted by Gasteiger charge is -2.26. The van der Waals surface area contributed by atoms with E-state index in [1.165, 1.54) is 11.1 Å². The number of carboxylic acid groups (broad SMARTS) is 1. The van der Waals surface area contributed by atoms with Crippen LogP contribution in [0.15, 0.2) is 54.6 Å². The first-order chi connectivity index (χ1) is 15.7. The number of rotatable bonds is 5. The van der Waals surface area contributed by atoms with Crippen molar-refractivity contribution in [2.24, 2.45) is 0 Å². The molecule has 0 saturated carbocycles. The lowest BCUT2D eigenvalue weighted by molar-refractivity contribution is -0.136. The van der Waals surface area contributed by atoms with Gasteiger partial charge in [-0.15, -0.1) is 0 Å². The van der Waals surface area contributed by atoms with Gasteiger partial charge in [-0.25, -0.2) is 9.48 Å². The van der Waals surface area contributed by atoms with E-state index in [4.69, 9.17) is 10.2 Å². The van der Waals surface area contributed by atoms with Gasteiger partial charge in [-0.3, -0.25) is 10.1 Å². The van der Waals surface area contributed by atoms with E-state index in [1.54, 1.807) is 16.8 Å². The Morgan fingerprint density at radius 2 is 1.85 bits per heavy atom. The number of nitrogens with one attached hydrogen (secondary N) is 2. The summed E-state index contributed by atoms with van der Waals surface area (Å²) in [6.45, 7) is 6.20. The van der Waals surface area contributed by atoms with Crippen LogP contribution in [-0.2, 0) is 23.1 Å². The summed E-state index contributed by atoms with van der Waals surface area (Å²) in [6.07, 6.45) is 2.94. The van der Waals surface area contributed by atoms with Crippen molar-refractivity contribution in [3.63, 3.8) is 0 Å². The number of nitrogens with zero attached hydrogens (tertiary/aromatic N) is 2. The zero-order chi connectivity index (χ0) is 23.6. The van der Waals surface area contributed by atoms with Crippen LogP contribution in [0.25, 0.3) is 5.69 Å². The lowest BCUT2D eigenvalue weighted by atomic mass is 9.88. The van der Waals surface area contributed by atoms with E-state index in [1.807, 2.05) is 30.3 Å². The number of hydrogen-bond donors (Lipinski definition) is 3. The predicted octanol–water partition coefficient (Wildman–Crippen LogP) is 5.00. The molecule has 0 radical (unpaired) electrons. The number of carbonyl (C=O) groups excluding carboxylic acids is 1. The van der Waals surface area contributed by atoms with Crippen molar-refractivity contribution in [2.75, 3.05) is 5.32 Å². The Balaban J connectivity index is 1.57. The summed E-state index contributed by atoms with van der Waals surface area (Å²) in [5.41, 5.74) is 4.56. The second-order valence-electron chi connectivity index (χ2n) is 9.56. The Bertz CT molecular complexity index is 1160. The molecule has 1 heterocycles. The van der Waals surface area contributed by atoms with Crippen LogP contribution in [0.4, 0.5) is 10.6 Å². The molecule has 1 aliphatic carbocycles. The third-order valence-electron chi connectivity index (χ3n) is 5.93. The Labute approximate surface area is 193 Å². The Kier molecular flexibility index (Phi) is 6.22. The molecule has 0 spiro atoms. The highest BCUT2D eigenvalue weighted by atomic mass is 16.4. The highest BCUT2D eigenvalue weighted by Crippen LogP contribution is 2.30. The van der Waals surface area contributed by atoms with E-state index < -0.39 is 5.97 Å². The second-order valence-corrected chi connectivity index (χ2v) is 9.56. The fourth-order valence-electron chi connectivity index (χ4n) is 4.18. The molecule has 0 fully saturated rings. The van der Waals surface area contributed by atoms with Crippen molar-refractivity contribution in [1.29, 1.82) is 0 Å². The molecule has 0 bridgehead atoms. The van der Waals surface area contributed by atoms with Gasteiger partial charge in [0.05, 0.1) is 23.8 Å². The van der Waals surface area contributed by atoms with Crippen molar-refractivity contribution in [1.82, 2.24) is 15.1 Å². The molecular weight excluding hydrogens is 416 g/mol. The molecule has 1 aromatic heterocycles. The largest absolute Gasteiger partial charge is 0.481 e. The quantitative estimate of drug-likeness (QED) is 0.514. The summed E-state index contributed by atoms with van der Waals surface area (Å²) in [6, 6.07) is 17.0. The number of benzene rings is 2. The summed E-state index contributed by atoms with van der Waals surface area (Å²) < 4.78 is 1.69. The number of anilines is 1. The molecule has 2 aromatic carbocycles. The Hall–Kier alpha value is -3.61. The minimum Gasteiger partial charge on any atom is -0.481 e. The average molecular weight is 447 g/mol. The van der Waals surface area contributed by atoms with E-state index >= 15 is 0 Å². The van der Waals surface area contributed by atoms with E-state index in [9.17, 15) is 9.59 Å². The van der Waals surface area contributed by atoms with Gasteiger partial charge in [0.2, 0.25) is 0 Å². The molecule has 0 aliphatic heterocycles. The number of aliphatic carboxylic acids is 1. The fraction of sp³-hybridized carbons (Fsp3) is 0.346. The number of fused-ring (bicyclic) bond motifs is 1. The van der Waals surface area contributed by atoms with Crippen LogP contribution in [0.2, 0.25) is 0 Å². The number of aromatic nitrogens is 2. The summed E-state index contributed by atoms with van der Waals surface area (Å²) in [5.74, 6) is -0.312. The number of hydrogen-bond acceptors (Lipinski definition) is 3. The van der Waals surface area contributed by atoms with E-state index in [2.05, 4.69) is 43.5 Å². The van der Waals surface area contributed by atoms with Crippen molar-refractivity contribution in [3.8, 4) is 5.69 Å². The number of aryl methyl sites for hydroxylation is 1. The van der Waals surface area contributed by atoms with Crippen LogP contribution in [0.3, 0.4) is 0 Å². The lowest BCUT2D eigenvalue weighted by Crippen LogP contribution is -2.34. The molecule has 7 heteroatoms. The molecule has 4 rings (SSSR count). The van der Waals surface area contributed by atoms with Gasteiger partial charge >= 0.3 is 12.0 Å². The first kappa shape index (κ1) is 22.6. The maximum Gasteiger partial charge on any atom is 0.320 e. The van der Waals surface area contributed by atoms with Gasteiger partial charge in [-0.05, 0) is 48.1 Å². The highest BCUT2D eigenvalue weighted by molar-refractivity contribution is 5.89. The van der Waals surface area contributed by atoms with Crippen molar-refractivity contribution in [3.05, 3.63) is 77.0 Å². The summed E-state index contributed by atoms with van der Waals surface area (Å²) in [7, 11) is 0. The smallest absolute Gasteiger partial charge is 0.320 e. The van der Waals surface area contributed by atoms with E-state index in [0.29, 0.717) is 11.4 Å². The molecule has 172 valence electrons. The predicted molar refractivity (Wildman–Crippen MR) is 128 cm³/mol. The van der Waals surface area contributed by atoms with Gasteiger partial charge in [-0.1, -0.05) is 57.2 Å². The molecule has 3 aromatic rings. The molecule has 33 heavy (non-hydrogen) atoms. The fourth-order valence-corrected chi connectivity index (χ4v) is 4.18. The van der Waals surface area contributed by atoms with Crippen molar-refractivity contribution < 1.29 is 14.7 Å². The van der Waals surface area contributed by atoms with Crippen LogP contribution < -0.4 is 10.6 Å². The first-order valence-electron chi connectivity index (χ1n) is 11.3. The first-order valence-corrected chi connectivity index (χ1v) is 11.3. The van der Waals surface area contributed by atoms with Gasteiger partial charge < -0.3 is 10.4 Å². The molecule has 2 amide bonds. The number of urea groups is 1. The van der Waals surface area contributed by atoms with Crippen molar-refractivity contribution in [2.45, 2.75) is 57.9 Å². The topological polar surface area (TPSA) is 96.2 Å². The number of amides is 2. The standard InChI is InChI=1S/C26H30N4O3/c1-26(2,3)22-16-23(30(29-22)19-13-11-17(12-14-19)15-24(31)32)28-25(33)27-21-10-6-8-18-7-4-5-9-20(18)21/h4-5,7,9,11-14,16,21H,6,8,10,15H2,1-3H3,(H,31,32)(H2,27,28,33). The summed E-state index contributed by atoms with van der Waals surface area (Å²) in [5, 5.41) is 19.9. The molecular formula is C26H30N4O3. The van der Waals surface area contributed by atoms with Crippen LogP contribution in [0.1, 0.15) is 62.0 Å². The highest BCUT2D eigenvalue weighted by Gasteiger charge is 2.24. The van der Waals surface area contributed by atoms with Gasteiger partial charge in [0.15, 0.2) is 0 Å². The molecule has 1 aliphatic rings. The van der Waals surface area contributed by atoms with E-state index in [-0.39, 0.29) is 23.9 Å². The molecule has 1 unspecified atom stereocenters. The SMILES string of the molecule is CC(C)(C)c1cc(NC(=O)NC2CCCc3ccccc32)n(-c2ccc(CC(=O)O)cc2)n1. The monoisotopic (exact) mass is 446 g/mol. The van der Waals surface area contributed by atoms with Crippen molar-refractivity contribution >= 4 is 17.8 Å². The van der Waals surface area contributed by atoms with Crippen LogP contribution in [0, 0.1) is 0 Å². The average Bonchev–Trinajstić information content (AvgIpc) is 3.18. The minimum absolute atomic E-state index is 0.0243. The molecule has 7 nitrogen and oxygen atoms in total. The zero-order valence-electron chi connectivity index (χ0n) is 19.3. The minimum atomic E-state index is -0.875. The maximum atomic E-state index is 13.0. The summed E-state index contributed by atoms with van der Waals surface area (Å²) >= 11 is 0. The maximum absolute atomic E-state index is 13.0. The van der Waals surface area contributed by atoms with Crippen LogP contribution >= 0.6 is 0 Å². The Morgan fingerprint density at radius 3 is 2.55 bits per heavy atom. The second kappa shape index (κ2) is 9.10. The van der Waals surface area contributed by atoms with Crippen LogP contribution in [-0.4, -0.2) is 26.9 Å². The third-order valence-corrected chi connectivity index (χ3v) is 5.93. The van der Waals surface area contributed by atoms with Gasteiger partial charge in [0.25, 0.3) is 0 Å². The molecule has 0 saturated heterocycles. The third kappa shape index (κ3) is 5.25. The number of carbonyl (C=O) groups is 2. The van der Waals surface area contributed by atoms with Gasteiger partial charge in [0, 0.05) is 11.5 Å². The van der Waals surface area contributed by atoms with Gasteiger partial charge in [-0.2, -0.15) is 5.10 Å². The van der Waals surface area contributed by atoms with Crippen LogP contribution in [0.5, 0.6) is 0 Å². The summed E-state index contributed by atoms with van der Waals surface area (Å²) in [4.78, 5) is 24.0. The normalized spacial score (nSPS) is 15.5. The number of carboxylic acids is 1.